The Morgan fingerprint density at radius 2 is 2.11 bits per heavy atom. The summed E-state index contributed by atoms with van der Waals surface area (Å²) in [5.74, 6) is -1.76. The molecule has 2 aromatic rings. The van der Waals surface area contributed by atoms with Crippen molar-refractivity contribution in [3.63, 3.8) is 0 Å². The average Bonchev–Trinajstić information content (AvgIpc) is 2.93. The molecule has 1 unspecified atom stereocenters. The van der Waals surface area contributed by atoms with Crippen LogP contribution in [0.5, 0.6) is 0 Å². The largest absolute Gasteiger partial charge is 0.449 e. The van der Waals surface area contributed by atoms with E-state index in [9.17, 15) is 17.6 Å². The number of halogens is 4. The van der Waals surface area contributed by atoms with E-state index in [4.69, 9.17) is 0 Å². The van der Waals surface area contributed by atoms with Crippen LogP contribution in [0.15, 0.2) is 18.2 Å². The minimum atomic E-state index is -4.59. The van der Waals surface area contributed by atoms with Gasteiger partial charge in [-0.1, -0.05) is 6.07 Å². The molecule has 1 fully saturated rings. The van der Waals surface area contributed by atoms with Crippen LogP contribution < -0.4 is 5.32 Å². The summed E-state index contributed by atoms with van der Waals surface area (Å²) in [6.45, 7) is 1.09. The first-order chi connectivity index (χ1) is 8.98. The highest BCUT2D eigenvalue weighted by Gasteiger charge is 2.40. The van der Waals surface area contributed by atoms with Crippen LogP contribution in [-0.4, -0.2) is 22.6 Å². The van der Waals surface area contributed by atoms with E-state index in [-0.39, 0.29) is 17.1 Å². The number of para-hydroxylation sites is 1. The van der Waals surface area contributed by atoms with Crippen molar-refractivity contribution in [1.82, 2.24) is 14.9 Å². The van der Waals surface area contributed by atoms with Gasteiger partial charge in [-0.05, 0) is 25.1 Å². The molecule has 1 aliphatic heterocycles. The third-order valence-corrected chi connectivity index (χ3v) is 3.32. The number of nitrogens with zero attached hydrogens (tertiary/aromatic N) is 2. The number of nitrogens with one attached hydrogen (secondary N) is 1. The molecule has 3 rings (SSSR count). The molecule has 0 bridgehead atoms. The van der Waals surface area contributed by atoms with E-state index in [2.05, 4.69) is 10.3 Å². The van der Waals surface area contributed by atoms with Gasteiger partial charge >= 0.3 is 6.18 Å². The first kappa shape index (κ1) is 12.4. The average molecular weight is 273 g/mol. The fourth-order valence-electron chi connectivity index (χ4n) is 2.51. The Labute approximate surface area is 106 Å². The molecule has 1 saturated heterocycles. The number of hydrogen-bond acceptors (Lipinski definition) is 2. The van der Waals surface area contributed by atoms with Crippen LogP contribution in [0.1, 0.15) is 18.3 Å². The van der Waals surface area contributed by atoms with Gasteiger partial charge in [0.05, 0.1) is 5.52 Å². The molecule has 1 atom stereocenters. The summed E-state index contributed by atoms with van der Waals surface area (Å²) in [6.07, 6.45) is -4.01. The van der Waals surface area contributed by atoms with Crippen molar-refractivity contribution >= 4 is 11.0 Å². The third kappa shape index (κ3) is 1.98. The van der Waals surface area contributed by atoms with Crippen molar-refractivity contribution in [2.45, 2.75) is 18.6 Å². The molecule has 1 aliphatic rings. The van der Waals surface area contributed by atoms with Gasteiger partial charge in [-0.3, -0.25) is 0 Å². The molecule has 7 heteroatoms. The topological polar surface area (TPSA) is 29.9 Å². The van der Waals surface area contributed by atoms with Crippen LogP contribution in [0.25, 0.3) is 11.0 Å². The van der Waals surface area contributed by atoms with E-state index in [1.165, 1.54) is 12.1 Å². The van der Waals surface area contributed by atoms with Gasteiger partial charge in [0.2, 0.25) is 5.82 Å². The summed E-state index contributed by atoms with van der Waals surface area (Å²) in [6, 6.07) is 3.65. The van der Waals surface area contributed by atoms with E-state index in [0.717, 1.165) is 10.6 Å². The highest BCUT2D eigenvalue weighted by Crippen LogP contribution is 2.35. The molecule has 1 aromatic carbocycles. The summed E-state index contributed by atoms with van der Waals surface area (Å²) in [5.41, 5.74) is -0.0252. The van der Waals surface area contributed by atoms with Crippen molar-refractivity contribution in [2.75, 3.05) is 13.1 Å². The molecule has 0 amide bonds. The Bertz CT molecular complexity index is 611. The fourth-order valence-corrected chi connectivity index (χ4v) is 2.51. The van der Waals surface area contributed by atoms with Gasteiger partial charge in [0.15, 0.2) is 5.82 Å². The minimum absolute atomic E-state index is 0.195. The summed E-state index contributed by atoms with van der Waals surface area (Å²) < 4.78 is 53.8. The Morgan fingerprint density at radius 3 is 2.74 bits per heavy atom. The van der Waals surface area contributed by atoms with Crippen LogP contribution in [0.2, 0.25) is 0 Å². The van der Waals surface area contributed by atoms with E-state index in [0.29, 0.717) is 19.5 Å². The number of imidazole rings is 1. The van der Waals surface area contributed by atoms with Crippen molar-refractivity contribution in [2.24, 2.45) is 0 Å². The van der Waals surface area contributed by atoms with Crippen LogP contribution in [0.3, 0.4) is 0 Å². The van der Waals surface area contributed by atoms with Crippen LogP contribution in [0, 0.1) is 5.82 Å². The van der Waals surface area contributed by atoms with E-state index < -0.39 is 17.8 Å². The molecule has 3 nitrogen and oxygen atoms in total. The Balaban J connectivity index is 2.28. The fraction of sp³-hybridized carbons (Fsp3) is 0.417. The van der Waals surface area contributed by atoms with Gasteiger partial charge in [0, 0.05) is 12.6 Å². The zero-order chi connectivity index (χ0) is 13.6. The smallest absolute Gasteiger partial charge is 0.316 e. The van der Waals surface area contributed by atoms with Gasteiger partial charge < -0.3 is 9.88 Å². The Kier molecular flexibility index (Phi) is 2.74. The predicted molar refractivity (Wildman–Crippen MR) is 61.2 cm³/mol. The molecule has 0 aliphatic carbocycles. The summed E-state index contributed by atoms with van der Waals surface area (Å²) in [7, 11) is 0. The first-order valence-corrected chi connectivity index (χ1v) is 5.93. The molecule has 19 heavy (non-hydrogen) atoms. The van der Waals surface area contributed by atoms with E-state index in [1.54, 1.807) is 0 Å². The second-order valence-corrected chi connectivity index (χ2v) is 4.56. The number of alkyl halides is 3. The number of aromatic nitrogens is 2. The highest BCUT2D eigenvalue weighted by atomic mass is 19.4. The number of fused-ring (bicyclic) bond motifs is 1. The van der Waals surface area contributed by atoms with Crippen LogP contribution in [0.4, 0.5) is 17.6 Å². The van der Waals surface area contributed by atoms with Crippen molar-refractivity contribution in [3.8, 4) is 0 Å². The number of hydrogen-bond donors (Lipinski definition) is 1. The molecule has 0 saturated carbocycles. The SMILES string of the molecule is Fc1cccc2c1nc(C(F)(F)F)n2C1CCNC1. The van der Waals surface area contributed by atoms with Gasteiger partial charge in [-0.25, -0.2) is 9.37 Å². The normalized spacial score (nSPS) is 20.3. The Morgan fingerprint density at radius 1 is 1.32 bits per heavy atom. The van der Waals surface area contributed by atoms with Crippen molar-refractivity contribution in [3.05, 3.63) is 29.8 Å². The standard InChI is InChI=1S/C12H11F4N3/c13-8-2-1-3-9-10(8)18-11(12(14,15)16)19(9)7-4-5-17-6-7/h1-3,7,17H,4-6H2. The maximum atomic E-state index is 13.6. The lowest BCUT2D eigenvalue weighted by molar-refractivity contribution is -0.147. The quantitative estimate of drug-likeness (QED) is 0.810. The van der Waals surface area contributed by atoms with Crippen LogP contribution >= 0.6 is 0 Å². The monoisotopic (exact) mass is 273 g/mol. The predicted octanol–water partition coefficient (Wildman–Crippen LogP) is 2.73. The third-order valence-electron chi connectivity index (χ3n) is 3.32. The number of rotatable bonds is 1. The molecule has 102 valence electrons. The molecule has 1 N–H and O–H groups in total. The number of benzene rings is 1. The second kappa shape index (κ2) is 4.19. The van der Waals surface area contributed by atoms with Gasteiger partial charge in [-0.15, -0.1) is 0 Å². The zero-order valence-corrected chi connectivity index (χ0v) is 9.84. The maximum Gasteiger partial charge on any atom is 0.449 e. The highest BCUT2D eigenvalue weighted by molar-refractivity contribution is 5.77. The lowest BCUT2D eigenvalue weighted by atomic mass is 10.2. The molecule has 2 heterocycles. The lowest BCUT2D eigenvalue weighted by Gasteiger charge is -2.16. The summed E-state index contributed by atoms with van der Waals surface area (Å²) in [5, 5.41) is 3.01. The van der Waals surface area contributed by atoms with E-state index in [1.807, 2.05) is 0 Å². The molecular weight excluding hydrogens is 262 g/mol. The maximum absolute atomic E-state index is 13.6. The first-order valence-electron chi connectivity index (χ1n) is 5.93. The molecule has 1 aromatic heterocycles. The van der Waals surface area contributed by atoms with Crippen molar-refractivity contribution in [1.29, 1.82) is 0 Å². The van der Waals surface area contributed by atoms with Crippen LogP contribution in [-0.2, 0) is 6.18 Å². The minimum Gasteiger partial charge on any atom is -0.316 e. The van der Waals surface area contributed by atoms with Crippen molar-refractivity contribution < 1.29 is 17.6 Å². The molecular formula is C12H11F4N3. The zero-order valence-electron chi connectivity index (χ0n) is 9.84. The Hall–Kier alpha value is -1.63. The van der Waals surface area contributed by atoms with Gasteiger partial charge in [-0.2, -0.15) is 13.2 Å². The summed E-state index contributed by atoms with van der Waals surface area (Å²) >= 11 is 0. The van der Waals surface area contributed by atoms with Gasteiger partial charge in [0.1, 0.15) is 5.52 Å². The van der Waals surface area contributed by atoms with E-state index >= 15 is 0 Å². The van der Waals surface area contributed by atoms with Gasteiger partial charge in [0.25, 0.3) is 0 Å². The summed E-state index contributed by atoms with van der Waals surface area (Å²) in [4.78, 5) is 3.46. The molecule has 0 radical (unpaired) electrons. The molecule has 0 spiro atoms. The lowest BCUT2D eigenvalue weighted by Crippen LogP contribution is -2.20. The second-order valence-electron chi connectivity index (χ2n) is 4.56.